The van der Waals surface area contributed by atoms with E-state index in [-0.39, 0.29) is 12.5 Å². The van der Waals surface area contributed by atoms with Gasteiger partial charge in [-0.3, -0.25) is 4.79 Å². The van der Waals surface area contributed by atoms with Crippen LogP contribution in [0, 0.1) is 11.3 Å². The lowest BCUT2D eigenvalue weighted by Gasteiger charge is -2.29. The Bertz CT molecular complexity index is 211. The van der Waals surface area contributed by atoms with E-state index in [0.717, 1.165) is 0 Å². The Morgan fingerprint density at radius 2 is 2.58 bits per heavy atom. The molecule has 0 radical (unpaired) electrons. The van der Waals surface area contributed by atoms with Crippen LogP contribution in [0.3, 0.4) is 0 Å². The fourth-order valence-electron chi connectivity index (χ4n) is 1.08. The van der Waals surface area contributed by atoms with Crippen molar-refractivity contribution >= 4 is 5.91 Å². The molecule has 0 bridgehead atoms. The Balaban J connectivity index is 2.47. The van der Waals surface area contributed by atoms with Crippen LogP contribution in [0.2, 0.25) is 0 Å². The number of hydrogen-bond donors (Lipinski definition) is 1. The number of nitrogens with zero attached hydrogens (tertiary/aromatic N) is 2. The van der Waals surface area contributed by atoms with Gasteiger partial charge in [-0.15, -0.1) is 0 Å². The molecule has 66 valence electrons. The van der Waals surface area contributed by atoms with E-state index in [1.54, 1.807) is 4.90 Å². The summed E-state index contributed by atoms with van der Waals surface area (Å²) in [5.74, 6) is -0.126. The molecule has 12 heavy (non-hydrogen) atoms. The predicted molar refractivity (Wildman–Crippen MR) is 41.0 cm³/mol. The highest BCUT2D eigenvalue weighted by Gasteiger charge is 2.22. The Morgan fingerprint density at radius 3 is 3.17 bits per heavy atom. The van der Waals surface area contributed by atoms with Crippen LogP contribution in [0.25, 0.3) is 0 Å². The van der Waals surface area contributed by atoms with E-state index >= 15 is 0 Å². The van der Waals surface area contributed by atoms with Gasteiger partial charge in [-0.05, 0) is 0 Å². The van der Waals surface area contributed by atoms with Gasteiger partial charge in [0.25, 0.3) is 0 Å². The molecule has 1 aliphatic heterocycles. The summed E-state index contributed by atoms with van der Waals surface area (Å²) in [6.07, 6.45) is -0.491. The molecule has 0 spiro atoms. The van der Waals surface area contributed by atoms with Crippen molar-refractivity contribution in [1.82, 2.24) is 4.90 Å². The Hall–Kier alpha value is -1.12. The summed E-state index contributed by atoms with van der Waals surface area (Å²) in [6, 6.07) is 1.96. The van der Waals surface area contributed by atoms with Gasteiger partial charge in [-0.2, -0.15) is 5.26 Å². The Labute approximate surface area is 70.7 Å². The molecule has 0 aromatic carbocycles. The smallest absolute Gasteiger partial charge is 0.236 e. The van der Waals surface area contributed by atoms with Crippen LogP contribution in [0.1, 0.15) is 0 Å². The normalized spacial score (nSPS) is 23.3. The molecular formula is C7H11N3O2. The molecular weight excluding hydrogens is 158 g/mol. The maximum absolute atomic E-state index is 11.1. The number of nitriles is 1. The molecule has 0 saturated carbocycles. The minimum absolute atomic E-state index is 0.00184. The first kappa shape index (κ1) is 8.97. The van der Waals surface area contributed by atoms with E-state index in [2.05, 4.69) is 0 Å². The van der Waals surface area contributed by atoms with Crippen molar-refractivity contribution in [3.8, 4) is 6.07 Å². The molecule has 1 heterocycles. The topological polar surface area (TPSA) is 79.4 Å². The van der Waals surface area contributed by atoms with Crippen molar-refractivity contribution in [2.24, 2.45) is 5.73 Å². The summed E-state index contributed by atoms with van der Waals surface area (Å²) < 4.78 is 5.06. The molecule has 1 fully saturated rings. The second-order valence-electron chi connectivity index (χ2n) is 2.53. The number of rotatable bonds is 1. The monoisotopic (exact) mass is 169 g/mol. The molecule has 0 aromatic heterocycles. The molecule has 1 unspecified atom stereocenters. The summed E-state index contributed by atoms with van der Waals surface area (Å²) >= 11 is 0. The minimum Gasteiger partial charge on any atom is -0.360 e. The first-order valence-electron chi connectivity index (χ1n) is 3.77. The molecule has 1 rings (SSSR count). The zero-order valence-electron chi connectivity index (χ0n) is 6.69. The lowest BCUT2D eigenvalue weighted by atomic mass is 10.3. The van der Waals surface area contributed by atoms with Gasteiger partial charge >= 0.3 is 0 Å². The number of carbonyl (C=O) groups excluding carboxylic acids is 1. The molecule has 1 saturated heterocycles. The van der Waals surface area contributed by atoms with Crippen LogP contribution in [0.5, 0.6) is 0 Å². The first-order valence-corrected chi connectivity index (χ1v) is 3.77. The lowest BCUT2D eigenvalue weighted by Crippen LogP contribution is -2.47. The highest BCUT2D eigenvalue weighted by atomic mass is 16.5. The van der Waals surface area contributed by atoms with E-state index in [9.17, 15) is 4.79 Å². The van der Waals surface area contributed by atoms with Crippen LogP contribution in [0.4, 0.5) is 0 Å². The highest BCUT2D eigenvalue weighted by Crippen LogP contribution is 2.03. The predicted octanol–water partition coefficient (Wildman–Crippen LogP) is -1.30. The largest absolute Gasteiger partial charge is 0.360 e. The number of amides is 1. The van der Waals surface area contributed by atoms with Crippen molar-refractivity contribution < 1.29 is 9.53 Å². The van der Waals surface area contributed by atoms with E-state index in [0.29, 0.717) is 19.7 Å². The summed E-state index contributed by atoms with van der Waals surface area (Å²) in [5, 5.41) is 8.52. The summed E-state index contributed by atoms with van der Waals surface area (Å²) in [4.78, 5) is 12.6. The van der Waals surface area contributed by atoms with Crippen molar-refractivity contribution in [2.45, 2.75) is 6.10 Å². The third-order valence-corrected chi connectivity index (χ3v) is 1.74. The van der Waals surface area contributed by atoms with Crippen LogP contribution in [-0.2, 0) is 9.53 Å². The zero-order valence-corrected chi connectivity index (χ0v) is 6.69. The quantitative estimate of drug-likeness (QED) is 0.529. The molecule has 5 heteroatoms. The van der Waals surface area contributed by atoms with E-state index < -0.39 is 6.10 Å². The average Bonchev–Trinajstić information content (AvgIpc) is 2.17. The van der Waals surface area contributed by atoms with Gasteiger partial charge in [0.1, 0.15) is 0 Å². The van der Waals surface area contributed by atoms with Crippen LogP contribution in [0.15, 0.2) is 0 Å². The summed E-state index contributed by atoms with van der Waals surface area (Å²) in [6.45, 7) is 1.29. The molecule has 1 amide bonds. The number of nitrogens with two attached hydrogens (primary N) is 1. The Morgan fingerprint density at radius 1 is 1.83 bits per heavy atom. The maximum Gasteiger partial charge on any atom is 0.236 e. The molecule has 1 aliphatic rings. The minimum atomic E-state index is -0.491. The van der Waals surface area contributed by atoms with Gasteiger partial charge in [0.15, 0.2) is 6.10 Å². The SMILES string of the molecule is N#CC1CN(C(=O)CN)CCO1. The van der Waals surface area contributed by atoms with E-state index in [4.69, 9.17) is 15.7 Å². The van der Waals surface area contributed by atoms with Gasteiger partial charge in [0.2, 0.25) is 5.91 Å². The second-order valence-corrected chi connectivity index (χ2v) is 2.53. The summed E-state index contributed by atoms with van der Waals surface area (Å²) in [5.41, 5.74) is 5.17. The third kappa shape index (κ3) is 1.94. The van der Waals surface area contributed by atoms with Crippen LogP contribution >= 0.6 is 0 Å². The molecule has 0 aliphatic carbocycles. The molecule has 5 nitrogen and oxygen atoms in total. The van der Waals surface area contributed by atoms with Crippen molar-refractivity contribution in [3.63, 3.8) is 0 Å². The number of ether oxygens (including phenoxy) is 1. The van der Waals surface area contributed by atoms with Crippen molar-refractivity contribution in [2.75, 3.05) is 26.2 Å². The molecule has 2 N–H and O–H groups in total. The fraction of sp³-hybridized carbons (Fsp3) is 0.714. The first-order chi connectivity index (χ1) is 5.77. The van der Waals surface area contributed by atoms with Gasteiger partial charge in [-0.1, -0.05) is 0 Å². The lowest BCUT2D eigenvalue weighted by molar-refractivity contribution is -0.135. The van der Waals surface area contributed by atoms with Gasteiger partial charge < -0.3 is 15.4 Å². The molecule has 0 aromatic rings. The highest BCUT2D eigenvalue weighted by molar-refractivity contribution is 5.78. The molecule has 1 atom stereocenters. The number of carbonyl (C=O) groups is 1. The van der Waals surface area contributed by atoms with Gasteiger partial charge in [0.05, 0.1) is 25.8 Å². The zero-order chi connectivity index (χ0) is 8.97. The van der Waals surface area contributed by atoms with E-state index in [1.165, 1.54) is 0 Å². The Kier molecular flexibility index (Phi) is 3.02. The fourth-order valence-corrected chi connectivity index (χ4v) is 1.08. The number of morpholine rings is 1. The second kappa shape index (κ2) is 4.04. The van der Waals surface area contributed by atoms with E-state index in [1.807, 2.05) is 6.07 Å². The van der Waals surface area contributed by atoms with Gasteiger partial charge in [0, 0.05) is 6.54 Å². The summed E-state index contributed by atoms with van der Waals surface area (Å²) in [7, 11) is 0. The average molecular weight is 169 g/mol. The third-order valence-electron chi connectivity index (χ3n) is 1.74. The van der Waals surface area contributed by atoms with Crippen molar-refractivity contribution in [1.29, 1.82) is 5.26 Å². The standard InChI is InChI=1S/C7H11N3O2/c8-3-6-5-10(1-2-12-6)7(11)4-9/h6H,1-2,4-5,9H2. The maximum atomic E-state index is 11.1. The number of hydrogen-bond acceptors (Lipinski definition) is 4. The van der Waals surface area contributed by atoms with Crippen LogP contribution in [-0.4, -0.2) is 43.2 Å². The van der Waals surface area contributed by atoms with Crippen molar-refractivity contribution in [3.05, 3.63) is 0 Å². The van der Waals surface area contributed by atoms with Crippen LogP contribution < -0.4 is 5.73 Å². The van der Waals surface area contributed by atoms with Gasteiger partial charge in [-0.25, -0.2) is 0 Å².